The molecular formula is C15H19N5O2. The number of hydrogen-bond donors (Lipinski definition) is 2. The van der Waals surface area contributed by atoms with Gasteiger partial charge in [0.15, 0.2) is 5.82 Å². The molecule has 7 nitrogen and oxygen atoms in total. The van der Waals surface area contributed by atoms with Crippen molar-refractivity contribution in [1.82, 2.24) is 25.9 Å². The second-order valence-electron chi connectivity index (χ2n) is 4.94. The predicted molar refractivity (Wildman–Crippen MR) is 82.2 cm³/mol. The van der Waals surface area contributed by atoms with Crippen LogP contribution in [0, 0.1) is 0 Å². The van der Waals surface area contributed by atoms with Crippen LogP contribution in [0.5, 0.6) is 5.75 Å². The van der Waals surface area contributed by atoms with Crippen LogP contribution in [-0.4, -0.2) is 40.2 Å². The number of tetrazole rings is 1. The first-order valence-electron chi connectivity index (χ1n) is 6.94. The fourth-order valence-electron chi connectivity index (χ4n) is 2.02. The molecule has 1 unspecified atom stereocenters. The highest BCUT2D eigenvalue weighted by molar-refractivity contribution is 5.95. The molecule has 2 N–H and O–H groups in total. The zero-order valence-corrected chi connectivity index (χ0v) is 12.8. The van der Waals surface area contributed by atoms with Gasteiger partial charge in [-0.3, -0.25) is 4.79 Å². The third-order valence-electron chi connectivity index (χ3n) is 3.26. The van der Waals surface area contributed by atoms with Crippen LogP contribution in [0.2, 0.25) is 0 Å². The molecule has 0 fully saturated rings. The van der Waals surface area contributed by atoms with Gasteiger partial charge < -0.3 is 10.1 Å². The molecule has 0 saturated carbocycles. The van der Waals surface area contributed by atoms with Crippen molar-refractivity contribution in [2.75, 3.05) is 13.7 Å². The van der Waals surface area contributed by atoms with E-state index >= 15 is 0 Å². The minimum absolute atomic E-state index is 0.0114. The van der Waals surface area contributed by atoms with Crippen molar-refractivity contribution in [2.24, 2.45) is 0 Å². The van der Waals surface area contributed by atoms with E-state index in [0.717, 1.165) is 16.9 Å². The van der Waals surface area contributed by atoms with E-state index < -0.39 is 0 Å². The van der Waals surface area contributed by atoms with Crippen LogP contribution >= 0.6 is 0 Å². The molecular weight excluding hydrogens is 282 g/mol. The number of nitrogens with one attached hydrogen (secondary N) is 2. The van der Waals surface area contributed by atoms with Crippen LogP contribution in [0.25, 0.3) is 5.57 Å². The first-order valence-corrected chi connectivity index (χ1v) is 6.94. The normalized spacial score (nSPS) is 12.8. The fraction of sp³-hybridized carbons (Fsp3) is 0.333. The molecule has 0 bridgehead atoms. The van der Waals surface area contributed by atoms with Gasteiger partial charge >= 0.3 is 0 Å². The summed E-state index contributed by atoms with van der Waals surface area (Å²) in [6.07, 6.45) is 1.56. The van der Waals surface area contributed by atoms with Crippen molar-refractivity contribution >= 4 is 11.5 Å². The number of benzene rings is 1. The number of aromatic nitrogens is 4. The average Bonchev–Trinajstić information content (AvgIpc) is 3.07. The van der Waals surface area contributed by atoms with Crippen LogP contribution in [-0.2, 0) is 4.79 Å². The van der Waals surface area contributed by atoms with E-state index in [0.29, 0.717) is 12.4 Å². The molecule has 7 heteroatoms. The lowest BCUT2D eigenvalue weighted by Gasteiger charge is -2.10. The first-order chi connectivity index (χ1) is 10.6. The van der Waals surface area contributed by atoms with Crippen molar-refractivity contribution < 1.29 is 9.53 Å². The summed E-state index contributed by atoms with van der Waals surface area (Å²) in [6.45, 7) is 4.23. The molecule has 0 radical (unpaired) electrons. The smallest absolute Gasteiger partial charge is 0.244 e. The number of allylic oxidation sites excluding steroid dienone is 1. The number of amides is 1. The number of H-pyrrole nitrogens is 1. The quantitative estimate of drug-likeness (QED) is 0.789. The molecule has 1 amide bonds. The lowest BCUT2D eigenvalue weighted by Crippen LogP contribution is -2.26. The lowest BCUT2D eigenvalue weighted by atomic mass is 10.1. The van der Waals surface area contributed by atoms with E-state index in [-0.39, 0.29) is 11.8 Å². The lowest BCUT2D eigenvalue weighted by molar-refractivity contribution is -0.116. The molecule has 2 rings (SSSR count). The molecule has 0 aliphatic heterocycles. The maximum absolute atomic E-state index is 12.0. The number of methoxy groups -OCH3 is 1. The van der Waals surface area contributed by atoms with Gasteiger partial charge in [-0.1, -0.05) is 30.3 Å². The molecule has 0 spiro atoms. The first kappa shape index (κ1) is 15.7. The van der Waals surface area contributed by atoms with Crippen molar-refractivity contribution in [3.63, 3.8) is 0 Å². The van der Waals surface area contributed by atoms with Gasteiger partial charge in [0.25, 0.3) is 0 Å². The van der Waals surface area contributed by atoms with E-state index in [4.69, 9.17) is 4.74 Å². The van der Waals surface area contributed by atoms with Gasteiger partial charge in [0.05, 0.1) is 7.11 Å². The maximum atomic E-state index is 12.0. The van der Waals surface area contributed by atoms with Crippen LogP contribution < -0.4 is 10.1 Å². The van der Waals surface area contributed by atoms with Crippen LogP contribution in [0.15, 0.2) is 30.3 Å². The minimum atomic E-state index is -0.168. The summed E-state index contributed by atoms with van der Waals surface area (Å²) in [5.74, 6) is 1.14. The Kier molecular flexibility index (Phi) is 5.24. The fourth-order valence-corrected chi connectivity index (χ4v) is 2.02. The van der Waals surface area contributed by atoms with Gasteiger partial charge in [0, 0.05) is 24.1 Å². The highest BCUT2D eigenvalue weighted by Gasteiger charge is 2.11. The maximum Gasteiger partial charge on any atom is 0.244 e. The summed E-state index contributed by atoms with van der Waals surface area (Å²) in [4.78, 5) is 12.0. The Balaban J connectivity index is 1.98. The number of para-hydroxylation sites is 1. The number of carbonyl (C=O) groups excluding carboxylic acids is 1. The van der Waals surface area contributed by atoms with Crippen molar-refractivity contribution in [1.29, 1.82) is 0 Å². The van der Waals surface area contributed by atoms with E-state index in [2.05, 4.69) is 25.9 Å². The van der Waals surface area contributed by atoms with Crippen molar-refractivity contribution in [2.45, 2.75) is 19.8 Å². The van der Waals surface area contributed by atoms with Gasteiger partial charge in [0.2, 0.25) is 5.91 Å². The highest BCUT2D eigenvalue weighted by Crippen LogP contribution is 2.24. The third-order valence-corrected chi connectivity index (χ3v) is 3.26. The Morgan fingerprint density at radius 3 is 2.91 bits per heavy atom. The number of aromatic amines is 1. The number of ether oxygens (including phenoxy) is 1. The van der Waals surface area contributed by atoms with E-state index in [9.17, 15) is 4.79 Å². The van der Waals surface area contributed by atoms with E-state index in [1.165, 1.54) is 0 Å². The molecule has 0 aliphatic carbocycles. The number of carbonyl (C=O) groups is 1. The largest absolute Gasteiger partial charge is 0.496 e. The van der Waals surface area contributed by atoms with Crippen LogP contribution in [0.1, 0.15) is 31.2 Å². The summed E-state index contributed by atoms with van der Waals surface area (Å²) >= 11 is 0. The Labute approximate surface area is 128 Å². The Hall–Kier alpha value is -2.70. The molecule has 0 aliphatic rings. The van der Waals surface area contributed by atoms with E-state index in [1.807, 2.05) is 38.1 Å². The van der Waals surface area contributed by atoms with Crippen molar-refractivity contribution in [3.05, 3.63) is 41.7 Å². The standard InChI is InChI=1S/C15H19N5O2/c1-10(12-6-4-5-7-13(12)22-3)8-14(21)16-9-11(2)15-17-19-20-18-15/h4-8,11H,9H2,1-3H3,(H,16,21)(H,17,18,19,20)/b10-8+. The Morgan fingerprint density at radius 1 is 1.45 bits per heavy atom. The van der Waals surface area contributed by atoms with Crippen LogP contribution in [0.4, 0.5) is 0 Å². The molecule has 1 atom stereocenters. The third kappa shape index (κ3) is 3.91. The summed E-state index contributed by atoms with van der Waals surface area (Å²) in [5.41, 5.74) is 1.73. The molecule has 2 aromatic rings. The Bertz CT molecular complexity index is 652. The Morgan fingerprint density at radius 2 is 2.23 bits per heavy atom. The summed E-state index contributed by atoms with van der Waals surface area (Å²) in [6, 6.07) is 7.58. The molecule has 22 heavy (non-hydrogen) atoms. The monoisotopic (exact) mass is 301 g/mol. The van der Waals surface area contributed by atoms with Crippen LogP contribution in [0.3, 0.4) is 0 Å². The second-order valence-corrected chi connectivity index (χ2v) is 4.94. The predicted octanol–water partition coefficient (Wildman–Crippen LogP) is 1.53. The number of nitrogens with zero attached hydrogens (tertiary/aromatic N) is 3. The van der Waals surface area contributed by atoms with Gasteiger partial charge in [0.1, 0.15) is 5.75 Å². The molecule has 0 saturated heterocycles. The van der Waals surface area contributed by atoms with Crippen molar-refractivity contribution in [3.8, 4) is 5.75 Å². The van der Waals surface area contributed by atoms with E-state index in [1.54, 1.807) is 13.2 Å². The van der Waals surface area contributed by atoms with Gasteiger partial charge in [-0.2, -0.15) is 5.21 Å². The summed E-state index contributed by atoms with van der Waals surface area (Å²) < 4.78 is 5.30. The SMILES string of the molecule is COc1ccccc1/C(C)=C/C(=O)NCC(C)c1nn[nH]n1. The molecule has 116 valence electrons. The average molecular weight is 301 g/mol. The highest BCUT2D eigenvalue weighted by atomic mass is 16.5. The minimum Gasteiger partial charge on any atom is -0.496 e. The second kappa shape index (κ2) is 7.35. The van der Waals surface area contributed by atoms with Gasteiger partial charge in [-0.05, 0) is 18.6 Å². The zero-order valence-electron chi connectivity index (χ0n) is 12.8. The molecule has 1 heterocycles. The topological polar surface area (TPSA) is 92.8 Å². The number of rotatable bonds is 6. The number of hydrogen-bond acceptors (Lipinski definition) is 5. The molecule has 1 aromatic carbocycles. The molecule has 1 aromatic heterocycles. The zero-order chi connectivity index (χ0) is 15.9. The summed E-state index contributed by atoms with van der Waals surface area (Å²) in [5, 5.41) is 16.5. The summed E-state index contributed by atoms with van der Waals surface area (Å²) in [7, 11) is 1.61. The van der Waals surface area contributed by atoms with Gasteiger partial charge in [-0.15, -0.1) is 10.2 Å². The van der Waals surface area contributed by atoms with Gasteiger partial charge in [-0.25, -0.2) is 0 Å².